The van der Waals surface area contributed by atoms with Gasteiger partial charge in [0.15, 0.2) is 11.5 Å². The zero-order valence-electron chi connectivity index (χ0n) is 18.9. The molecular weight excluding hydrogens is 396 g/mol. The molecule has 1 aromatic heterocycles. The van der Waals surface area contributed by atoms with Crippen LogP contribution in [-0.4, -0.2) is 31.7 Å². The molecule has 2 aromatic rings. The van der Waals surface area contributed by atoms with E-state index in [2.05, 4.69) is 24.4 Å². The minimum atomic E-state index is -0.299. The molecule has 3 rings (SSSR count). The molecule has 2 atom stereocenters. The second-order valence-corrected chi connectivity index (χ2v) is 10.2. The van der Waals surface area contributed by atoms with Gasteiger partial charge in [-0.25, -0.2) is 0 Å². The lowest BCUT2D eigenvalue weighted by Crippen LogP contribution is -2.41. The summed E-state index contributed by atoms with van der Waals surface area (Å²) in [4.78, 5) is 15.2. The normalized spacial score (nSPS) is 18.6. The minimum absolute atomic E-state index is 0.0235. The summed E-state index contributed by atoms with van der Waals surface area (Å²) in [7, 11) is 3.30. The maximum atomic E-state index is 13.2. The predicted molar refractivity (Wildman–Crippen MR) is 123 cm³/mol. The Morgan fingerprint density at radius 1 is 1.17 bits per heavy atom. The highest BCUT2D eigenvalue weighted by Gasteiger charge is 2.34. The number of rotatable bonds is 6. The molecule has 0 unspecified atom stereocenters. The fraction of sp³-hybridized carbons (Fsp3) is 0.542. The Morgan fingerprint density at radius 3 is 2.43 bits per heavy atom. The largest absolute Gasteiger partial charge is 0.493 e. The number of nitrogens with one attached hydrogen (secondary N) is 1. The zero-order chi connectivity index (χ0) is 22.1. The molecule has 6 heteroatoms. The van der Waals surface area contributed by atoms with Crippen molar-refractivity contribution >= 4 is 17.2 Å². The van der Waals surface area contributed by atoms with Crippen molar-refractivity contribution in [2.45, 2.75) is 70.9 Å². The number of benzene rings is 1. The fourth-order valence-corrected chi connectivity index (χ4v) is 5.40. The number of nitrogens with two attached hydrogens (primary N) is 1. The highest BCUT2D eigenvalue weighted by Crippen LogP contribution is 2.44. The predicted octanol–water partition coefficient (Wildman–Crippen LogP) is 4.65. The van der Waals surface area contributed by atoms with E-state index >= 15 is 0 Å². The van der Waals surface area contributed by atoms with Crippen molar-refractivity contribution in [3.63, 3.8) is 0 Å². The van der Waals surface area contributed by atoms with Crippen molar-refractivity contribution in [1.82, 2.24) is 5.32 Å². The van der Waals surface area contributed by atoms with Crippen LogP contribution in [0.3, 0.4) is 0 Å². The summed E-state index contributed by atoms with van der Waals surface area (Å²) in [5.41, 5.74) is 9.75. The lowest BCUT2D eigenvalue weighted by atomic mass is 9.75. The van der Waals surface area contributed by atoms with Gasteiger partial charge in [-0.2, -0.15) is 0 Å². The van der Waals surface area contributed by atoms with Crippen LogP contribution in [0, 0.1) is 0 Å². The Bertz CT molecular complexity index is 914. The van der Waals surface area contributed by atoms with E-state index in [1.54, 1.807) is 25.6 Å². The summed E-state index contributed by atoms with van der Waals surface area (Å²) < 4.78 is 11.1. The number of thiophene rings is 1. The third kappa shape index (κ3) is 4.65. The maximum Gasteiger partial charge on any atom is 0.262 e. The van der Waals surface area contributed by atoms with Gasteiger partial charge >= 0.3 is 0 Å². The van der Waals surface area contributed by atoms with E-state index < -0.39 is 0 Å². The second kappa shape index (κ2) is 8.98. The van der Waals surface area contributed by atoms with Gasteiger partial charge in [0.2, 0.25) is 0 Å². The van der Waals surface area contributed by atoms with Gasteiger partial charge in [0.05, 0.1) is 19.1 Å². The Morgan fingerprint density at radius 2 is 1.83 bits per heavy atom. The number of ether oxygens (including phenoxy) is 2. The Labute approximate surface area is 184 Å². The lowest BCUT2D eigenvalue weighted by Gasteiger charge is -2.32. The van der Waals surface area contributed by atoms with Crippen LogP contribution < -0.4 is 20.5 Å². The first-order valence-corrected chi connectivity index (χ1v) is 11.5. The van der Waals surface area contributed by atoms with Gasteiger partial charge < -0.3 is 20.5 Å². The highest BCUT2D eigenvalue weighted by molar-refractivity contribution is 7.14. The van der Waals surface area contributed by atoms with E-state index in [0.717, 1.165) is 47.4 Å². The number of aryl methyl sites for hydroxylation is 2. The molecule has 3 N–H and O–H groups in total. The lowest BCUT2D eigenvalue weighted by molar-refractivity contribution is 0.0922. The van der Waals surface area contributed by atoms with Crippen molar-refractivity contribution < 1.29 is 14.3 Å². The van der Waals surface area contributed by atoms with Crippen molar-refractivity contribution in [3.05, 3.63) is 44.6 Å². The van der Waals surface area contributed by atoms with Gasteiger partial charge in [-0.1, -0.05) is 13.3 Å². The summed E-state index contributed by atoms with van der Waals surface area (Å²) in [5, 5.41) is 3.14. The molecule has 0 aliphatic heterocycles. The molecule has 5 nitrogen and oxygen atoms in total. The maximum absolute atomic E-state index is 13.2. The molecular formula is C24H34N2O3S. The number of hydrogen-bond acceptors (Lipinski definition) is 5. The summed E-state index contributed by atoms with van der Waals surface area (Å²) in [5.74, 6) is 1.36. The molecule has 0 fully saturated rings. The molecule has 1 amide bonds. The number of hydrogen-bond donors (Lipinski definition) is 2. The topological polar surface area (TPSA) is 73.6 Å². The van der Waals surface area contributed by atoms with Gasteiger partial charge in [-0.05, 0) is 74.9 Å². The number of carbonyl (C=O) groups excluding carboxylic acids is 1. The Balaban J connectivity index is 2.14. The van der Waals surface area contributed by atoms with E-state index in [4.69, 9.17) is 15.2 Å². The van der Waals surface area contributed by atoms with E-state index in [0.29, 0.717) is 5.75 Å². The molecule has 1 heterocycles. The van der Waals surface area contributed by atoms with Crippen LogP contribution in [0.15, 0.2) is 18.2 Å². The number of fused-ring (bicyclic) bond motifs is 1. The average molecular weight is 431 g/mol. The minimum Gasteiger partial charge on any atom is -0.493 e. The quantitative estimate of drug-likeness (QED) is 0.699. The smallest absolute Gasteiger partial charge is 0.262 e. The highest BCUT2D eigenvalue weighted by atomic mass is 32.1. The molecule has 0 saturated carbocycles. The van der Waals surface area contributed by atoms with E-state index in [-0.39, 0.29) is 23.4 Å². The average Bonchev–Trinajstić information content (AvgIpc) is 3.09. The monoisotopic (exact) mass is 430 g/mol. The van der Waals surface area contributed by atoms with Gasteiger partial charge in [0, 0.05) is 22.4 Å². The van der Waals surface area contributed by atoms with Crippen molar-refractivity contribution in [1.29, 1.82) is 0 Å². The molecule has 1 aliphatic carbocycles. The van der Waals surface area contributed by atoms with Crippen LogP contribution in [0.2, 0.25) is 0 Å². The fourth-order valence-electron chi connectivity index (χ4n) is 4.19. The molecule has 0 radical (unpaired) electrons. The van der Waals surface area contributed by atoms with E-state index in [1.165, 1.54) is 10.4 Å². The van der Waals surface area contributed by atoms with Crippen molar-refractivity contribution in [3.8, 4) is 11.5 Å². The third-order valence-electron chi connectivity index (χ3n) is 5.49. The van der Waals surface area contributed by atoms with Crippen LogP contribution in [0.4, 0.5) is 0 Å². The Hall–Kier alpha value is -2.05. The van der Waals surface area contributed by atoms with Crippen LogP contribution in [0.1, 0.15) is 77.7 Å². The van der Waals surface area contributed by atoms with Crippen LogP contribution in [-0.2, 0) is 12.8 Å². The molecule has 0 saturated heterocycles. The first kappa shape index (κ1) is 22.6. The van der Waals surface area contributed by atoms with E-state index in [9.17, 15) is 4.79 Å². The molecule has 30 heavy (non-hydrogen) atoms. The number of carbonyl (C=O) groups is 1. The molecule has 0 spiro atoms. The van der Waals surface area contributed by atoms with Crippen LogP contribution in [0.5, 0.6) is 11.5 Å². The third-order valence-corrected chi connectivity index (χ3v) is 6.70. The standard InChI is InChI=1S/C24H34N2O3S/c1-7-8-15-12-17(22(30-15)23(27)26-24(2,3)4)21-16-13-20(29-6)19(28-5)11-14(16)9-10-18(21)25/h11-13,18,21H,7-10,25H2,1-6H3,(H,26,27)/t18-,21+/m1/s1. The second-order valence-electron chi connectivity index (χ2n) is 9.04. The summed E-state index contributed by atoms with van der Waals surface area (Å²) in [6.07, 6.45) is 3.76. The van der Waals surface area contributed by atoms with E-state index in [1.807, 2.05) is 26.8 Å². The van der Waals surface area contributed by atoms with Gasteiger partial charge in [-0.3, -0.25) is 4.79 Å². The summed E-state index contributed by atoms with van der Waals surface area (Å²) in [6.45, 7) is 8.17. The first-order chi connectivity index (χ1) is 14.2. The molecule has 1 aliphatic rings. The molecule has 0 bridgehead atoms. The summed E-state index contributed by atoms with van der Waals surface area (Å²) >= 11 is 1.60. The van der Waals surface area contributed by atoms with Crippen LogP contribution >= 0.6 is 11.3 Å². The number of amides is 1. The number of methoxy groups -OCH3 is 2. The van der Waals surface area contributed by atoms with Gasteiger partial charge in [0.1, 0.15) is 0 Å². The summed E-state index contributed by atoms with van der Waals surface area (Å²) in [6, 6.07) is 6.24. The zero-order valence-corrected chi connectivity index (χ0v) is 19.7. The molecule has 164 valence electrons. The van der Waals surface area contributed by atoms with Gasteiger partial charge in [-0.15, -0.1) is 11.3 Å². The molecule has 1 aromatic carbocycles. The Kier molecular flexibility index (Phi) is 6.78. The van der Waals surface area contributed by atoms with Gasteiger partial charge in [0.25, 0.3) is 5.91 Å². The van der Waals surface area contributed by atoms with Crippen LogP contribution in [0.25, 0.3) is 0 Å². The first-order valence-electron chi connectivity index (χ1n) is 10.6. The SMILES string of the molecule is CCCc1cc([C@@H]2c3cc(OC)c(OC)cc3CC[C@H]2N)c(C(=O)NC(C)(C)C)s1. The van der Waals surface area contributed by atoms with Crippen molar-refractivity contribution in [2.24, 2.45) is 5.73 Å². The van der Waals surface area contributed by atoms with Crippen molar-refractivity contribution in [2.75, 3.05) is 14.2 Å².